The van der Waals surface area contributed by atoms with Crippen molar-refractivity contribution in [3.05, 3.63) is 46.8 Å². The van der Waals surface area contributed by atoms with Gasteiger partial charge >= 0.3 is 5.97 Å². The van der Waals surface area contributed by atoms with E-state index in [1.165, 1.54) is 18.4 Å². The molecular weight excluding hydrogens is 408 g/mol. The molecule has 9 heteroatoms. The normalized spacial score (nSPS) is 12.9. The number of para-hydroxylation sites is 1. The van der Waals surface area contributed by atoms with Gasteiger partial charge in [0.05, 0.1) is 35.9 Å². The number of benzene rings is 2. The number of carbonyl (C=O) groups excluding carboxylic acids is 2. The van der Waals surface area contributed by atoms with Crippen LogP contribution in [0.1, 0.15) is 23.7 Å². The van der Waals surface area contributed by atoms with E-state index in [1.54, 1.807) is 31.2 Å². The second-order valence-electron chi connectivity index (χ2n) is 6.38. The highest BCUT2D eigenvalue weighted by Gasteiger charge is 2.19. The number of aromatic nitrogens is 1. The topological polar surface area (TPSA) is 88.4 Å². The average molecular weight is 428 g/mol. The molecule has 1 aromatic heterocycles. The van der Waals surface area contributed by atoms with Crippen molar-refractivity contribution in [1.82, 2.24) is 4.57 Å². The maximum absolute atomic E-state index is 12.9. The minimum atomic E-state index is -0.427. The van der Waals surface area contributed by atoms with Gasteiger partial charge in [-0.25, -0.2) is 0 Å². The second-order valence-corrected chi connectivity index (χ2v) is 7.39. The van der Waals surface area contributed by atoms with Crippen molar-refractivity contribution in [1.29, 1.82) is 0 Å². The highest BCUT2D eigenvalue weighted by atomic mass is 32.1. The quantitative estimate of drug-likeness (QED) is 0.561. The zero-order chi connectivity index (χ0) is 21.1. The third-order valence-electron chi connectivity index (χ3n) is 4.56. The molecule has 0 fully saturated rings. The van der Waals surface area contributed by atoms with Crippen LogP contribution in [0.15, 0.2) is 41.4 Å². The molecule has 1 amide bonds. The van der Waals surface area contributed by atoms with Gasteiger partial charge in [-0.05, 0) is 19.1 Å². The van der Waals surface area contributed by atoms with Crippen LogP contribution in [0.5, 0.6) is 17.2 Å². The lowest BCUT2D eigenvalue weighted by atomic mass is 10.2. The molecule has 30 heavy (non-hydrogen) atoms. The van der Waals surface area contributed by atoms with E-state index >= 15 is 0 Å². The summed E-state index contributed by atoms with van der Waals surface area (Å²) >= 11 is 1.34. The number of rotatable bonds is 6. The molecule has 2 aromatic carbocycles. The van der Waals surface area contributed by atoms with Gasteiger partial charge in [0.1, 0.15) is 5.75 Å². The minimum absolute atomic E-state index is 0.157. The smallest absolute Gasteiger partial charge is 0.307 e. The molecule has 1 aliphatic heterocycles. The fourth-order valence-electron chi connectivity index (χ4n) is 3.17. The van der Waals surface area contributed by atoms with E-state index in [4.69, 9.17) is 18.9 Å². The summed E-state index contributed by atoms with van der Waals surface area (Å²) in [7, 11) is 1.51. The number of esters is 1. The number of ether oxygens (including phenoxy) is 4. The van der Waals surface area contributed by atoms with Crippen LogP contribution in [0.4, 0.5) is 0 Å². The summed E-state index contributed by atoms with van der Waals surface area (Å²) in [5, 5.41) is 0. The van der Waals surface area contributed by atoms with E-state index < -0.39 is 5.91 Å². The zero-order valence-corrected chi connectivity index (χ0v) is 17.4. The molecule has 0 saturated heterocycles. The largest absolute Gasteiger partial charge is 0.496 e. The number of nitrogens with zero attached hydrogens (tertiary/aromatic N) is 2. The molecule has 0 N–H and O–H groups in total. The van der Waals surface area contributed by atoms with Crippen LogP contribution in [0, 0.1) is 0 Å². The molecule has 0 radical (unpaired) electrons. The van der Waals surface area contributed by atoms with E-state index in [0.29, 0.717) is 40.8 Å². The Morgan fingerprint density at radius 1 is 1.20 bits per heavy atom. The fraction of sp³-hybridized carbons (Fsp3) is 0.286. The van der Waals surface area contributed by atoms with Gasteiger partial charge in [-0.15, -0.1) is 0 Å². The fourth-order valence-corrected chi connectivity index (χ4v) is 4.23. The number of amides is 1. The maximum atomic E-state index is 12.9. The molecular formula is C21H20N2O6S. The van der Waals surface area contributed by atoms with Crippen LogP contribution in [0.2, 0.25) is 0 Å². The Labute approximate surface area is 176 Å². The Morgan fingerprint density at radius 2 is 1.97 bits per heavy atom. The van der Waals surface area contributed by atoms with Crippen LogP contribution < -0.4 is 19.0 Å². The maximum Gasteiger partial charge on any atom is 0.307 e. The third-order valence-corrected chi connectivity index (χ3v) is 5.60. The Morgan fingerprint density at radius 3 is 2.73 bits per heavy atom. The third kappa shape index (κ3) is 3.88. The number of thiazole rings is 1. The first-order chi connectivity index (χ1) is 14.6. The number of fused-ring (bicyclic) bond motifs is 2. The second kappa shape index (κ2) is 8.58. The lowest BCUT2D eigenvalue weighted by Gasteiger charge is -2.06. The Hall–Kier alpha value is -3.33. The average Bonchev–Trinajstić information content (AvgIpc) is 3.33. The highest BCUT2D eigenvalue weighted by Crippen LogP contribution is 2.37. The van der Waals surface area contributed by atoms with Gasteiger partial charge < -0.3 is 23.5 Å². The standard InChI is InChI=1S/C21H20N2O6S/c1-3-27-19(24)8-9-23-14-10-16-17(29-12-28-16)11-18(14)30-21(23)22-20(25)13-6-4-5-7-15(13)26-2/h4-7,10-11H,3,8-9,12H2,1-2H3. The van der Waals surface area contributed by atoms with Gasteiger partial charge in [-0.2, -0.15) is 4.99 Å². The lowest BCUT2D eigenvalue weighted by Crippen LogP contribution is -2.19. The van der Waals surface area contributed by atoms with E-state index in [2.05, 4.69) is 4.99 Å². The summed E-state index contributed by atoms with van der Waals surface area (Å²) in [5.41, 5.74) is 1.17. The summed E-state index contributed by atoms with van der Waals surface area (Å²) in [4.78, 5) is 29.6. The van der Waals surface area contributed by atoms with Crippen LogP contribution >= 0.6 is 11.3 Å². The number of hydrogen-bond acceptors (Lipinski definition) is 7. The molecule has 0 unspecified atom stereocenters. The number of aryl methyl sites for hydroxylation is 1. The first-order valence-electron chi connectivity index (χ1n) is 9.41. The van der Waals surface area contributed by atoms with Gasteiger partial charge in [0.25, 0.3) is 5.91 Å². The monoisotopic (exact) mass is 428 g/mol. The molecule has 0 saturated carbocycles. The minimum Gasteiger partial charge on any atom is -0.496 e. The number of hydrogen-bond donors (Lipinski definition) is 0. The molecule has 0 bridgehead atoms. The molecule has 8 nitrogen and oxygen atoms in total. The number of methoxy groups -OCH3 is 1. The van der Waals surface area contributed by atoms with Gasteiger partial charge in [0.15, 0.2) is 16.3 Å². The predicted octanol–water partition coefficient (Wildman–Crippen LogP) is 3.13. The van der Waals surface area contributed by atoms with Crippen molar-refractivity contribution >= 4 is 33.4 Å². The molecule has 4 rings (SSSR count). The molecule has 3 aromatic rings. The summed E-state index contributed by atoms with van der Waals surface area (Å²) in [6, 6.07) is 10.6. The zero-order valence-electron chi connectivity index (χ0n) is 16.5. The molecule has 0 spiro atoms. The van der Waals surface area contributed by atoms with Crippen LogP contribution in [0.25, 0.3) is 10.2 Å². The Balaban J connectivity index is 1.79. The molecule has 2 heterocycles. The predicted molar refractivity (Wildman–Crippen MR) is 110 cm³/mol. The van der Waals surface area contributed by atoms with Crippen LogP contribution in [-0.2, 0) is 16.1 Å². The first-order valence-corrected chi connectivity index (χ1v) is 10.2. The summed E-state index contributed by atoms with van der Waals surface area (Å²) in [6.45, 7) is 2.56. The van der Waals surface area contributed by atoms with Crippen molar-refractivity contribution in [2.45, 2.75) is 19.9 Å². The summed E-state index contributed by atoms with van der Waals surface area (Å²) in [6.07, 6.45) is 0.157. The van der Waals surface area contributed by atoms with Gasteiger partial charge in [0, 0.05) is 18.7 Å². The van der Waals surface area contributed by atoms with Crippen molar-refractivity contribution in [3.63, 3.8) is 0 Å². The molecule has 0 atom stereocenters. The lowest BCUT2D eigenvalue weighted by molar-refractivity contribution is -0.143. The van der Waals surface area contributed by atoms with Crippen molar-refractivity contribution in [2.75, 3.05) is 20.5 Å². The van der Waals surface area contributed by atoms with E-state index in [1.807, 2.05) is 16.7 Å². The van der Waals surface area contributed by atoms with Gasteiger partial charge in [-0.3, -0.25) is 9.59 Å². The highest BCUT2D eigenvalue weighted by molar-refractivity contribution is 7.16. The number of carbonyl (C=O) groups is 2. The van der Waals surface area contributed by atoms with E-state index in [9.17, 15) is 9.59 Å². The SMILES string of the molecule is CCOC(=O)CCn1c(=NC(=O)c2ccccc2OC)sc2cc3c(cc21)OCO3. The van der Waals surface area contributed by atoms with Crippen molar-refractivity contribution in [2.24, 2.45) is 4.99 Å². The van der Waals surface area contributed by atoms with E-state index in [0.717, 1.165) is 10.2 Å². The first kappa shape index (κ1) is 20.0. The van der Waals surface area contributed by atoms with Crippen molar-refractivity contribution in [3.8, 4) is 17.2 Å². The summed E-state index contributed by atoms with van der Waals surface area (Å²) < 4.78 is 23.9. The molecule has 156 valence electrons. The summed E-state index contributed by atoms with van der Waals surface area (Å²) in [5.74, 6) is 0.971. The van der Waals surface area contributed by atoms with Gasteiger partial charge in [-0.1, -0.05) is 23.5 Å². The van der Waals surface area contributed by atoms with Crippen molar-refractivity contribution < 1.29 is 28.5 Å². The van der Waals surface area contributed by atoms with E-state index in [-0.39, 0.29) is 19.2 Å². The van der Waals surface area contributed by atoms with Gasteiger partial charge in [0.2, 0.25) is 6.79 Å². The molecule has 1 aliphatic rings. The Bertz CT molecular complexity index is 1180. The van der Waals surface area contributed by atoms with Crippen LogP contribution in [0.3, 0.4) is 0 Å². The molecule has 0 aliphatic carbocycles. The van der Waals surface area contributed by atoms with Crippen LogP contribution in [-0.4, -0.2) is 37.0 Å². The Kier molecular flexibility index (Phi) is 5.71.